The maximum atomic E-state index is 8.94. The number of nitrogens with two attached hydrogens (primary N) is 1. The molecule has 0 radical (unpaired) electrons. The zero-order chi connectivity index (χ0) is 9.68. The average Bonchev–Trinajstić information content (AvgIpc) is 2.16. The quantitative estimate of drug-likeness (QED) is 0.777. The molecule has 0 spiro atoms. The van der Waals surface area contributed by atoms with Gasteiger partial charge in [-0.3, -0.25) is 0 Å². The molecule has 0 saturated carbocycles. The summed E-state index contributed by atoms with van der Waals surface area (Å²) >= 11 is 5.82. The molecule has 13 heavy (non-hydrogen) atoms. The molecule has 1 aromatic carbocycles. The third-order valence-corrected chi connectivity index (χ3v) is 2.06. The Labute approximate surface area is 82.6 Å². The maximum absolute atomic E-state index is 8.94. The second-order valence-corrected chi connectivity index (χ2v) is 3.05. The molecule has 0 aliphatic heterocycles. The van der Waals surface area contributed by atoms with Gasteiger partial charge >= 0.3 is 0 Å². The number of benzene rings is 1. The predicted molar refractivity (Wildman–Crippen MR) is 55.5 cm³/mol. The Hall–Kier alpha value is -0.830. The van der Waals surface area contributed by atoms with Gasteiger partial charge in [0.05, 0.1) is 6.61 Å². The van der Waals surface area contributed by atoms with Gasteiger partial charge in [-0.1, -0.05) is 29.8 Å². The van der Waals surface area contributed by atoms with Crippen molar-refractivity contribution in [3.63, 3.8) is 0 Å². The van der Waals surface area contributed by atoms with Crippen LogP contribution in [0.2, 0.25) is 5.02 Å². The van der Waals surface area contributed by atoms with Crippen molar-refractivity contribution in [2.75, 3.05) is 6.54 Å². The first kappa shape index (κ1) is 10.3. The Kier molecular flexibility index (Phi) is 3.96. The Bertz CT molecular complexity index is 310. The van der Waals surface area contributed by atoms with Gasteiger partial charge in [0.1, 0.15) is 0 Å². The fraction of sp³-hybridized carbons (Fsp3) is 0.200. The molecule has 0 aromatic heterocycles. The second kappa shape index (κ2) is 5.02. The minimum atomic E-state index is -0.0386. The highest BCUT2D eigenvalue weighted by molar-refractivity contribution is 6.31. The van der Waals surface area contributed by atoms with Crippen LogP contribution in [0.15, 0.2) is 24.3 Å². The van der Waals surface area contributed by atoms with Gasteiger partial charge in [0.25, 0.3) is 0 Å². The van der Waals surface area contributed by atoms with E-state index in [1.807, 2.05) is 24.3 Å². The summed E-state index contributed by atoms with van der Waals surface area (Å²) < 4.78 is 0. The van der Waals surface area contributed by atoms with E-state index < -0.39 is 0 Å². The molecular formula is C10H12ClNO. The summed E-state index contributed by atoms with van der Waals surface area (Å²) in [6.07, 6.45) is 3.75. The molecule has 0 fully saturated rings. The van der Waals surface area contributed by atoms with Gasteiger partial charge in [-0.25, -0.2) is 0 Å². The van der Waals surface area contributed by atoms with Crippen LogP contribution in [0.5, 0.6) is 0 Å². The van der Waals surface area contributed by atoms with Crippen LogP contribution < -0.4 is 5.73 Å². The summed E-state index contributed by atoms with van der Waals surface area (Å²) in [5.74, 6) is 0. The number of hydrogen-bond donors (Lipinski definition) is 2. The standard InChI is InChI=1S/C10H12ClNO/c11-10-4-3-8(2-1-5-12)6-9(10)7-13/h1-4,6,13H,5,7,12H2. The van der Waals surface area contributed by atoms with E-state index in [9.17, 15) is 0 Å². The van der Waals surface area contributed by atoms with Crippen molar-refractivity contribution in [1.82, 2.24) is 0 Å². The molecule has 1 aromatic rings. The number of hydrogen-bond acceptors (Lipinski definition) is 2. The molecule has 0 saturated heterocycles. The highest BCUT2D eigenvalue weighted by atomic mass is 35.5. The van der Waals surface area contributed by atoms with Gasteiger partial charge in [0.15, 0.2) is 0 Å². The number of aliphatic hydroxyl groups excluding tert-OH is 1. The maximum Gasteiger partial charge on any atom is 0.0696 e. The van der Waals surface area contributed by atoms with Crippen LogP contribution in [0.3, 0.4) is 0 Å². The van der Waals surface area contributed by atoms with E-state index in [0.717, 1.165) is 11.1 Å². The van der Waals surface area contributed by atoms with Gasteiger partial charge in [-0.15, -0.1) is 0 Å². The first-order chi connectivity index (χ1) is 6.27. The van der Waals surface area contributed by atoms with Crippen LogP contribution in [-0.2, 0) is 6.61 Å². The first-order valence-electron chi connectivity index (χ1n) is 4.04. The van der Waals surface area contributed by atoms with Crippen molar-refractivity contribution >= 4 is 17.7 Å². The SMILES string of the molecule is NCC=Cc1ccc(Cl)c(CO)c1. The zero-order valence-corrected chi connectivity index (χ0v) is 7.96. The Morgan fingerprint density at radius 3 is 2.85 bits per heavy atom. The number of aliphatic hydroxyl groups is 1. The average molecular weight is 198 g/mol. The van der Waals surface area contributed by atoms with E-state index in [4.69, 9.17) is 22.4 Å². The summed E-state index contributed by atoms with van der Waals surface area (Å²) in [5.41, 5.74) is 7.05. The lowest BCUT2D eigenvalue weighted by Gasteiger charge is -2.01. The molecular weight excluding hydrogens is 186 g/mol. The lowest BCUT2D eigenvalue weighted by molar-refractivity contribution is 0.282. The monoisotopic (exact) mass is 197 g/mol. The minimum absolute atomic E-state index is 0.0386. The Balaban J connectivity index is 2.92. The second-order valence-electron chi connectivity index (χ2n) is 2.65. The van der Waals surface area contributed by atoms with Gasteiger partial charge in [-0.05, 0) is 23.3 Å². The fourth-order valence-corrected chi connectivity index (χ4v) is 1.20. The summed E-state index contributed by atoms with van der Waals surface area (Å²) in [4.78, 5) is 0. The largest absolute Gasteiger partial charge is 0.392 e. The lowest BCUT2D eigenvalue weighted by atomic mass is 10.1. The molecule has 0 aliphatic rings. The van der Waals surface area contributed by atoms with Crippen LogP contribution >= 0.6 is 11.6 Å². The Morgan fingerprint density at radius 2 is 2.23 bits per heavy atom. The van der Waals surface area contributed by atoms with Gasteiger partial charge < -0.3 is 10.8 Å². The van der Waals surface area contributed by atoms with Gasteiger partial charge in [0, 0.05) is 11.6 Å². The summed E-state index contributed by atoms with van der Waals surface area (Å²) in [6, 6.07) is 5.49. The summed E-state index contributed by atoms with van der Waals surface area (Å²) in [6.45, 7) is 0.472. The molecule has 0 heterocycles. The molecule has 3 heteroatoms. The molecule has 0 atom stereocenters. The normalized spacial score (nSPS) is 11.0. The van der Waals surface area contributed by atoms with Gasteiger partial charge in [-0.2, -0.15) is 0 Å². The summed E-state index contributed by atoms with van der Waals surface area (Å²) in [7, 11) is 0. The van der Waals surface area contributed by atoms with E-state index in [1.165, 1.54) is 0 Å². The van der Waals surface area contributed by atoms with E-state index in [1.54, 1.807) is 6.07 Å². The first-order valence-corrected chi connectivity index (χ1v) is 4.41. The highest BCUT2D eigenvalue weighted by Crippen LogP contribution is 2.18. The molecule has 0 aliphatic carbocycles. The van der Waals surface area contributed by atoms with E-state index in [-0.39, 0.29) is 6.61 Å². The molecule has 0 amide bonds. The van der Waals surface area contributed by atoms with E-state index in [0.29, 0.717) is 11.6 Å². The fourth-order valence-electron chi connectivity index (χ4n) is 1.02. The van der Waals surface area contributed by atoms with Crippen LogP contribution in [0.1, 0.15) is 11.1 Å². The van der Waals surface area contributed by atoms with Crippen molar-refractivity contribution in [3.05, 3.63) is 40.4 Å². The Morgan fingerprint density at radius 1 is 1.46 bits per heavy atom. The van der Waals surface area contributed by atoms with E-state index >= 15 is 0 Å². The molecule has 0 bridgehead atoms. The zero-order valence-electron chi connectivity index (χ0n) is 7.20. The molecule has 1 rings (SSSR count). The van der Waals surface area contributed by atoms with Crippen LogP contribution in [0.4, 0.5) is 0 Å². The van der Waals surface area contributed by atoms with Crippen LogP contribution in [-0.4, -0.2) is 11.7 Å². The number of halogens is 1. The van der Waals surface area contributed by atoms with Gasteiger partial charge in [0.2, 0.25) is 0 Å². The smallest absolute Gasteiger partial charge is 0.0696 e. The lowest BCUT2D eigenvalue weighted by Crippen LogP contribution is -1.92. The predicted octanol–water partition coefficient (Wildman–Crippen LogP) is 1.80. The van der Waals surface area contributed by atoms with Crippen molar-refractivity contribution < 1.29 is 5.11 Å². The third-order valence-electron chi connectivity index (χ3n) is 1.69. The van der Waals surface area contributed by atoms with Crippen LogP contribution in [0.25, 0.3) is 6.08 Å². The van der Waals surface area contributed by atoms with Crippen molar-refractivity contribution in [2.24, 2.45) is 5.73 Å². The van der Waals surface area contributed by atoms with Crippen molar-refractivity contribution in [3.8, 4) is 0 Å². The highest BCUT2D eigenvalue weighted by Gasteiger charge is 1.98. The van der Waals surface area contributed by atoms with Crippen molar-refractivity contribution in [1.29, 1.82) is 0 Å². The summed E-state index contributed by atoms with van der Waals surface area (Å²) in [5, 5.41) is 9.53. The molecule has 70 valence electrons. The number of rotatable bonds is 3. The van der Waals surface area contributed by atoms with Crippen molar-refractivity contribution in [2.45, 2.75) is 6.61 Å². The molecule has 3 N–H and O–H groups in total. The van der Waals surface area contributed by atoms with Crippen LogP contribution in [0, 0.1) is 0 Å². The topological polar surface area (TPSA) is 46.2 Å². The molecule has 0 unspecified atom stereocenters. The molecule has 2 nitrogen and oxygen atoms in total. The van der Waals surface area contributed by atoms with E-state index in [2.05, 4.69) is 0 Å². The minimum Gasteiger partial charge on any atom is -0.392 e. The third kappa shape index (κ3) is 2.84.